The van der Waals surface area contributed by atoms with Crippen LogP contribution in [0.3, 0.4) is 0 Å². The zero-order valence-electron chi connectivity index (χ0n) is 14.6. The summed E-state index contributed by atoms with van der Waals surface area (Å²) in [5.74, 6) is -0.162. The van der Waals surface area contributed by atoms with E-state index in [0.29, 0.717) is 28.8 Å². The first kappa shape index (κ1) is 18.2. The number of amides is 1. The molecule has 1 amide bonds. The van der Waals surface area contributed by atoms with Crippen LogP contribution in [0.2, 0.25) is 5.02 Å². The standard InChI is InChI=1S/C18H22ClN3O2S/c1-18(2,3)17-20-11-15(25-17)16(23)21-13-10-12(19)4-5-14(13)22-6-8-24-9-7-22/h4-5,10-11H,6-9H2,1-3H3,(H,21,23). The lowest BCUT2D eigenvalue weighted by Crippen LogP contribution is -2.36. The van der Waals surface area contributed by atoms with Crippen LogP contribution < -0.4 is 10.2 Å². The molecule has 0 atom stereocenters. The van der Waals surface area contributed by atoms with Gasteiger partial charge in [0.2, 0.25) is 0 Å². The van der Waals surface area contributed by atoms with Gasteiger partial charge in [0.25, 0.3) is 5.91 Å². The topological polar surface area (TPSA) is 54.5 Å². The summed E-state index contributed by atoms with van der Waals surface area (Å²) in [6, 6.07) is 5.57. The van der Waals surface area contributed by atoms with E-state index in [1.54, 1.807) is 12.3 Å². The van der Waals surface area contributed by atoms with Crippen LogP contribution >= 0.6 is 22.9 Å². The van der Waals surface area contributed by atoms with Crippen LogP contribution in [0.15, 0.2) is 24.4 Å². The average Bonchev–Trinajstić information content (AvgIpc) is 3.06. The molecular formula is C18H22ClN3O2S. The third kappa shape index (κ3) is 4.32. The number of nitrogens with one attached hydrogen (secondary N) is 1. The normalized spacial score (nSPS) is 15.3. The quantitative estimate of drug-likeness (QED) is 0.869. The summed E-state index contributed by atoms with van der Waals surface area (Å²) in [5, 5.41) is 4.53. The molecule has 1 aromatic carbocycles. The number of morpholine rings is 1. The van der Waals surface area contributed by atoms with Crippen LogP contribution in [0.4, 0.5) is 11.4 Å². The Morgan fingerprint density at radius 2 is 2.04 bits per heavy atom. The third-order valence-corrected chi connectivity index (χ3v) is 5.59. The number of halogens is 1. The molecule has 2 aromatic rings. The molecule has 2 heterocycles. The Balaban J connectivity index is 1.83. The van der Waals surface area contributed by atoms with Crippen molar-refractivity contribution in [2.75, 3.05) is 36.5 Å². The maximum atomic E-state index is 12.7. The monoisotopic (exact) mass is 379 g/mol. The number of aromatic nitrogens is 1. The van der Waals surface area contributed by atoms with Gasteiger partial charge in [-0.05, 0) is 18.2 Å². The van der Waals surface area contributed by atoms with E-state index in [4.69, 9.17) is 16.3 Å². The first-order valence-electron chi connectivity index (χ1n) is 8.24. The number of carbonyl (C=O) groups excluding carboxylic acids is 1. The summed E-state index contributed by atoms with van der Waals surface area (Å²) in [6.45, 7) is 9.20. The Morgan fingerprint density at radius 1 is 1.32 bits per heavy atom. The van der Waals surface area contributed by atoms with Gasteiger partial charge < -0.3 is 15.0 Å². The van der Waals surface area contributed by atoms with Gasteiger partial charge in [-0.3, -0.25) is 4.79 Å². The van der Waals surface area contributed by atoms with E-state index in [9.17, 15) is 4.79 Å². The second-order valence-electron chi connectivity index (χ2n) is 6.99. The summed E-state index contributed by atoms with van der Waals surface area (Å²) in [4.78, 5) is 19.9. The number of anilines is 2. The number of benzene rings is 1. The molecule has 0 unspecified atom stereocenters. The van der Waals surface area contributed by atoms with Crippen LogP contribution in [-0.2, 0) is 10.2 Å². The molecule has 1 aliphatic rings. The largest absolute Gasteiger partial charge is 0.378 e. The van der Waals surface area contributed by atoms with Crippen molar-refractivity contribution in [1.29, 1.82) is 0 Å². The van der Waals surface area contributed by atoms with Gasteiger partial charge in [-0.15, -0.1) is 11.3 Å². The maximum Gasteiger partial charge on any atom is 0.267 e. The molecule has 0 spiro atoms. The summed E-state index contributed by atoms with van der Waals surface area (Å²) >= 11 is 7.57. The molecule has 0 aliphatic carbocycles. The van der Waals surface area contributed by atoms with Crippen molar-refractivity contribution in [3.05, 3.63) is 39.3 Å². The number of carbonyl (C=O) groups is 1. The molecule has 134 valence electrons. The Kier molecular flexibility index (Phi) is 5.32. The van der Waals surface area contributed by atoms with E-state index in [1.807, 2.05) is 12.1 Å². The van der Waals surface area contributed by atoms with Crippen molar-refractivity contribution < 1.29 is 9.53 Å². The third-order valence-electron chi connectivity index (χ3n) is 3.93. The number of hydrogen-bond donors (Lipinski definition) is 1. The fraction of sp³-hybridized carbons (Fsp3) is 0.444. The van der Waals surface area contributed by atoms with Gasteiger partial charge in [-0.2, -0.15) is 0 Å². The van der Waals surface area contributed by atoms with Gasteiger partial charge in [-0.1, -0.05) is 32.4 Å². The lowest BCUT2D eigenvalue weighted by molar-refractivity contribution is 0.103. The first-order chi connectivity index (χ1) is 11.8. The molecule has 3 rings (SSSR count). The minimum Gasteiger partial charge on any atom is -0.378 e. The molecule has 0 saturated carbocycles. The Bertz CT molecular complexity index is 764. The number of rotatable bonds is 3. The van der Waals surface area contributed by atoms with Crippen LogP contribution in [0.25, 0.3) is 0 Å². The minimum absolute atomic E-state index is 0.0712. The molecule has 1 aromatic heterocycles. The van der Waals surface area contributed by atoms with Gasteiger partial charge in [0, 0.05) is 23.5 Å². The second-order valence-corrected chi connectivity index (χ2v) is 8.46. The highest BCUT2D eigenvalue weighted by atomic mass is 35.5. The predicted octanol–water partition coefficient (Wildman–Crippen LogP) is 4.18. The predicted molar refractivity (Wildman–Crippen MR) is 103 cm³/mol. The maximum absolute atomic E-state index is 12.7. The van der Waals surface area contributed by atoms with Crippen LogP contribution in [-0.4, -0.2) is 37.2 Å². The second kappa shape index (κ2) is 7.32. The smallest absolute Gasteiger partial charge is 0.267 e. The molecule has 1 saturated heterocycles. The molecular weight excluding hydrogens is 358 g/mol. The molecule has 1 aliphatic heterocycles. The number of thiazole rings is 1. The zero-order valence-corrected chi connectivity index (χ0v) is 16.2. The molecule has 1 fully saturated rings. The van der Waals surface area contributed by atoms with Gasteiger partial charge >= 0.3 is 0 Å². The molecule has 1 N–H and O–H groups in total. The Labute approximate surface area is 157 Å². The highest BCUT2D eigenvalue weighted by Crippen LogP contribution is 2.31. The fourth-order valence-corrected chi connectivity index (χ4v) is 3.64. The van der Waals surface area contributed by atoms with Crippen molar-refractivity contribution >= 4 is 40.2 Å². The summed E-state index contributed by atoms with van der Waals surface area (Å²) in [7, 11) is 0. The highest BCUT2D eigenvalue weighted by molar-refractivity contribution is 7.13. The molecule has 5 nitrogen and oxygen atoms in total. The average molecular weight is 380 g/mol. The molecule has 7 heteroatoms. The number of nitrogens with zero attached hydrogens (tertiary/aromatic N) is 2. The fourth-order valence-electron chi connectivity index (χ4n) is 2.60. The van der Waals surface area contributed by atoms with E-state index in [1.165, 1.54) is 11.3 Å². The Morgan fingerprint density at radius 3 is 2.68 bits per heavy atom. The van der Waals surface area contributed by atoms with Crippen molar-refractivity contribution in [2.45, 2.75) is 26.2 Å². The lowest BCUT2D eigenvalue weighted by atomic mass is 9.98. The molecule has 0 bridgehead atoms. The van der Waals surface area contributed by atoms with E-state index in [-0.39, 0.29) is 11.3 Å². The van der Waals surface area contributed by atoms with Crippen molar-refractivity contribution in [3.63, 3.8) is 0 Å². The molecule has 25 heavy (non-hydrogen) atoms. The number of ether oxygens (including phenoxy) is 1. The van der Waals surface area contributed by atoms with Crippen LogP contribution in [0, 0.1) is 0 Å². The zero-order chi connectivity index (χ0) is 18.0. The minimum atomic E-state index is -0.162. The van der Waals surface area contributed by atoms with E-state index < -0.39 is 0 Å². The highest BCUT2D eigenvalue weighted by Gasteiger charge is 2.22. The number of hydrogen-bond acceptors (Lipinski definition) is 5. The summed E-state index contributed by atoms with van der Waals surface area (Å²) in [5.41, 5.74) is 1.60. The molecule has 0 radical (unpaired) electrons. The first-order valence-corrected chi connectivity index (χ1v) is 9.44. The van der Waals surface area contributed by atoms with Gasteiger partial charge in [0.1, 0.15) is 4.88 Å². The lowest BCUT2D eigenvalue weighted by Gasteiger charge is -2.30. The van der Waals surface area contributed by atoms with Crippen molar-refractivity contribution in [3.8, 4) is 0 Å². The van der Waals surface area contributed by atoms with Gasteiger partial charge in [0.05, 0.1) is 35.8 Å². The SMILES string of the molecule is CC(C)(C)c1ncc(C(=O)Nc2cc(Cl)ccc2N2CCOCC2)s1. The van der Waals surface area contributed by atoms with Crippen LogP contribution in [0.1, 0.15) is 35.5 Å². The van der Waals surface area contributed by atoms with E-state index in [0.717, 1.165) is 23.8 Å². The van der Waals surface area contributed by atoms with E-state index >= 15 is 0 Å². The summed E-state index contributed by atoms with van der Waals surface area (Å²) < 4.78 is 5.41. The van der Waals surface area contributed by atoms with Crippen molar-refractivity contribution in [1.82, 2.24) is 4.98 Å². The van der Waals surface area contributed by atoms with Crippen LogP contribution in [0.5, 0.6) is 0 Å². The van der Waals surface area contributed by atoms with Gasteiger partial charge in [0.15, 0.2) is 0 Å². The van der Waals surface area contributed by atoms with Gasteiger partial charge in [-0.25, -0.2) is 4.98 Å². The van der Waals surface area contributed by atoms with E-state index in [2.05, 4.69) is 36.0 Å². The van der Waals surface area contributed by atoms with Crippen molar-refractivity contribution in [2.24, 2.45) is 0 Å². The summed E-state index contributed by atoms with van der Waals surface area (Å²) in [6.07, 6.45) is 1.64. The Hall–Kier alpha value is -1.63.